The van der Waals surface area contributed by atoms with Crippen LogP contribution in [0.2, 0.25) is 0 Å². The van der Waals surface area contributed by atoms with Crippen LogP contribution in [-0.2, 0) is 23.9 Å². The van der Waals surface area contributed by atoms with E-state index < -0.39 is 5.79 Å². The minimum atomic E-state index is -0.501. The summed E-state index contributed by atoms with van der Waals surface area (Å²) in [6.45, 7) is 13.5. The van der Waals surface area contributed by atoms with Gasteiger partial charge in [0, 0.05) is 68.9 Å². The zero-order valence-corrected chi connectivity index (χ0v) is 28.1. The van der Waals surface area contributed by atoms with E-state index in [9.17, 15) is 14.4 Å². The zero-order valence-electron chi connectivity index (χ0n) is 28.1. The number of nitrogens with one attached hydrogen (secondary N) is 1. The second-order valence-corrected chi connectivity index (χ2v) is 16.7. The molecule has 0 aromatic rings. The van der Waals surface area contributed by atoms with Gasteiger partial charge in [-0.1, -0.05) is 27.7 Å². The summed E-state index contributed by atoms with van der Waals surface area (Å²) in [6, 6.07) is 0.0976. The Hall–Kier alpha value is -1.55. The highest BCUT2D eigenvalue weighted by molar-refractivity contribution is 5.97. The molecule has 9 heteroatoms. The fourth-order valence-corrected chi connectivity index (χ4v) is 12.0. The number of hydrogen-bond donors (Lipinski definition) is 2. The molecule has 3 aliphatic heterocycles. The van der Waals surface area contributed by atoms with Crippen LogP contribution in [0, 0.1) is 52.3 Å². The molecule has 0 bridgehead atoms. The van der Waals surface area contributed by atoms with Gasteiger partial charge in [-0.25, -0.2) is 0 Å². The van der Waals surface area contributed by atoms with E-state index in [2.05, 4.69) is 37.9 Å². The Morgan fingerprint density at radius 3 is 2.49 bits per heavy atom. The normalized spacial score (nSPS) is 48.0. The molecule has 0 aromatic carbocycles. The molecule has 0 aromatic heterocycles. The maximum atomic E-state index is 14.4. The number of carbonyl (C=O) groups excluding carboxylic acids is 3. The number of Topliss-reactive ketones (excluding diaryl/α,β-unsaturated/α-hetero) is 1. The van der Waals surface area contributed by atoms with E-state index >= 15 is 0 Å². The fourth-order valence-electron chi connectivity index (χ4n) is 12.0. The lowest BCUT2D eigenvalue weighted by molar-refractivity contribution is -0.272. The van der Waals surface area contributed by atoms with E-state index in [0.29, 0.717) is 61.4 Å². The predicted octanol–water partition coefficient (Wildman–Crippen LogP) is 3.62. The summed E-state index contributed by atoms with van der Waals surface area (Å²) >= 11 is 0. The number of nitrogens with zero attached hydrogens (tertiary/aromatic N) is 2. The van der Waals surface area contributed by atoms with Gasteiger partial charge in [0.2, 0.25) is 11.8 Å². The van der Waals surface area contributed by atoms with E-state index in [1.807, 2.05) is 0 Å². The van der Waals surface area contributed by atoms with E-state index in [4.69, 9.17) is 14.6 Å². The predicted molar refractivity (Wildman–Crippen MR) is 169 cm³/mol. The lowest BCUT2D eigenvalue weighted by Crippen LogP contribution is -2.59. The van der Waals surface area contributed by atoms with Crippen LogP contribution in [-0.4, -0.2) is 96.4 Å². The van der Waals surface area contributed by atoms with Crippen molar-refractivity contribution in [3.05, 3.63) is 0 Å². The number of β-amino-alcohol motifs (C(OH)–C–C–N with tert-alkyl or cyclic N) is 1. The van der Waals surface area contributed by atoms with Crippen LogP contribution in [0.3, 0.4) is 0 Å². The molecule has 0 unspecified atom stereocenters. The highest BCUT2D eigenvalue weighted by atomic mass is 16.7. The first kappa shape index (κ1) is 32.0. The fraction of sp³-hybridized carbons (Fsp3) is 0.917. The topological polar surface area (TPSA) is 108 Å². The monoisotopic (exact) mass is 627 g/mol. The molecule has 12 atom stereocenters. The number of aliphatic hydroxyl groups is 1. The van der Waals surface area contributed by atoms with Crippen LogP contribution >= 0.6 is 0 Å². The second kappa shape index (κ2) is 11.9. The van der Waals surface area contributed by atoms with Crippen LogP contribution in [0.5, 0.6) is 0 Å². The van der Waals surface area contributed by atoms with Crippen molar-refractivity contribution in [1.82, 2.24) is 15.1 Å². The van der Waals surface area contributed by atoms with Gasteiger partial charge in [0.25, 0.3) is 0 Å². The highest BCUT2D eigenvalue weighted by Crippen LogP contribution is 2.70. The SMILES string of the molecule is C[C@@H]1CC[C@@]2(OC1)O[C@H]1C[C@H]3[C@@H]4CC[C@H]5C[C@H](NC(=O)CC(=O)N6CCN(CCO)CC6)CC[C@]5(C)[C@H]4CC(=O)[C@]3(C)[C@H]1[C@@H]2C. The Balaban J connectivity index is 0.967. The molecule has 1 spiro atoms. The smallest absolute Gasteiger partial charge is 0.232 e. The first-order valence-electron chi connectivity index (χ1n) is 18.2. The minimum Gasteiger partial charge on any atom is -0.395 e. The number of hydrogen-bond acceptors (Lipinski definition) is 7. The third-order valence-electron chi connectivity index (χ3n) is 14.6. The summed E-state index contributed by atoms with van der Waals surface area (Å²) in [5, 5.41) is 12.4. The molecule has 7 aliphatic rings. The van der Waals surface area contributed by atoms with Gasteiger partial charge < -0.3 is 24.8 Å². The van der Waals surface area contributed by atoms with Crippen LogP contribution in [0.25, 0.3) is 0 Å². The zero-order chi connectivity index (χ0) is 31.7. The van der Waals surface area contributed by atoms with Gasteiger partial charge in [-0.15, -0.1) is 0 Å². The standard InChI is InChI=1S/C36H57N3O6/c1-22-7-10-36(44-21-22)23(2)33-29(45-36)18-28-26-6-5-24-17-25(8-9-34(24,3)27(26)19-30(41)35(28,33)4)37-31(42)20-32(43)39-13-11-38(12-14-39)15-16-40/h22-29,33,40H,5-21H2,1-4H3,(H,37,42)/t22-,23+,24+,25-,26-,27+,28+,29+,33+,34+,35-,36-/m1/s1. The van der Waals surface area contributed by atoms with Crippen molar-refractivity contribution in [2.75, 3.05) is 45.9 Å². The molecule has 3 heterocycles. The molecule has 2 N–H and O–H groups in total. The Morgan fingerprint density at radius 1 is 1.00 bits per heavy atom. The average Bonchev–Trinajstić information content (AvgIpc) is 3.46. The number of rotatable bonds is 5. The van der Waals surface area contributed by atoms with Gasteiger partial charge >= 0.3 is 0 Å². The number of aliphatic hydroxyl groups excluding tert-OH is 1. The Bertz CT molecular complexity index is 1160. The van der Waals surface area contributed by atoms with Crippen molar-refractivity contribution in [2.45, 2.75) is 110 Å². The van der Waals surface area contributed by atoms with Crippen molar-refractivity contribution in [3.8, 4) is 0 Å². The summed E-state index contributed by atoms with van der Waals surface area (Å²) in [5.41, 5.74) is -0.216. The third-order valence-corrected chi connectivity index (χ3v) is 14.6. The number of ether oxygens (including phenoxy) is 2. The summed E-state index contributed by atoms with van der Waals surface area (Å²) in [4.78, 5) is 44.1. The summed E-state index contributed by atoms with van der Waals surface area (Å²) in [6.07, 6.45) is 8.96. The first-order chi connectivity index (χ1) is 21.5. The van der Waals surface area contributed by atoms with Crippen molar-refractivity contribution in [3.63, 3.8) is 0 Å². The Labute approximate surface area is 269 Å². The molecule has 4 aliphatic carbocycles. The van der Waals surface area contributed by atoms with Crippen molar-refractivity contribution in [1.29, 1.82) is 0 Å². The van der Waals surface area contributed by atoms with Crippen molar-refractivity contribution < 1.29 is 29.0 Å². The first-order valence-corrected chi connectivity index (χ1v) is 18.2. The average molecular weight is 628 g/mol. The van der Waals surface area contributed by atoms with Gasteiger partial charge in [0.1, 0.15) is 12.2 Å². The molecule has 252 valence electrons. The molecule has 4 saturated carbocycles. The lowest BCUT2D eigenvalue weighted by atomic mass is 9.44. The number of fused-ring (bicyclic) bond motifs is 7. The quantitative estimate of drug-likeness (QED) is 0.449. The number of piperazine rings is 1. The van der Waals surface area contributed by atoms with Crippen LogP contribution < -0.4 is 5.32 Å². The maximum Gasteiger partial charge on any atom is 0.232 e. The molecular formula is C36H57N3O6. The summed E-state index contributed by atoms with van der Waals surface area (Å²) in [7, 11) is 0. The summed E-state index contributed by atoms with van der Waals surface area (Å²) in [5.74, 6) is 2.58. The Kier molecular flexibility index (Phi) is 8.43. The summed E-state index contributed by atoms with van der Waals surface area (Å²) < 4.78 is 13.3. The van der Waals surface area contributed by atoms with Crippen LogP contribution in [0.4, 0.5) is 0 Å². The lowest BCUT2D eigenvalue weighted by Gasteiger charge is -2.60. The van der Waals surface area contributed by atoms with Gasteiger partial charge in [-0.2, -0.15) is 0 Å². The number of amides is 2. The van der Waals surface area contributed by atoms with Gasteiger partial charge in [0.05, 0.1) is 19.3 Å². The second-order valence-electron chi connectivity index (χ2n) is 16.7. The van der Waals surface area contributed by atoms with Gasteiger partial charge in [-0.05, 0) is 80.0 Å². The molecule has 7 fully saturated rings. The molecule has 9 nitrogen and oxygen atoms in total. The minimum absolute atomic E-state index is 0.0912. The van der Waals surface area contributed by atoms with E-state index in [1.165, 1.54) is 0 Å². The molecule has 0 radical (unpaired) electrons. The highest BCUT2D eigenvalue weighted by Gasteiger charge is 2.71. The number of ketones is 1. The van der Waals surface area contributed by atoms with E-state index in [0.717, 1.165) is 71.1 Å². The number of carbonyl (C=O) groups is 3. The molecule has 7 rings (SSSR count). The van der Waals surface area contributed by atoms with E-state index in [-0.39, 0.29) is 59.7 Å². The largest absolute Gasteiger partial charge is 0.395 e. The van der Waals surface area contributed by atoms with Crippen LogP contribution in [0.15, 0.2) is 0 Å². The van der Waals surface area contributed by atoms with Crippen molar-refractivity contribution in [2.24, 2.45) is 52.3 Å². The van der Waals surface area contributed by atoms with Crippen molar-refractivity contribution >= 4 is 17.6 Å². The maximum absolute atomic E-state index is 14.4. The van der Waals surface area contributed by atoms with Gasteiger partial charge in [-0.3, -0.25) is 19.3 Å². The molecule has 45 heavy (non-hydrogen) atoms. The Morgan fingerprint density at radius 2 is 1.78 bits per heavy atom. The van der Waals surface area contributed by atoms with Gasteiger partial charge in [0.15, 0.2) is 5.79 Å². The van der Waals surface area contributed by atoms with E-state index in [1.54, 1.807) is 4.90 Å². The van der Waals surface area contributed by atoms with Crippen LogP contribution in [0.1, 0.15) is 91.9 Å². The third kappa shape index (κ3) is 5.21. The molecule has 3 saturated heterocycles. The molecular weight excluding hydrogens is 570 g/mol. The molecule has 2 amide bonds.